The van der Waals surface area contributed by atoms with Crippen LogP contribution in [-0.2, 0) is 0 Å². The average molecular weight is 280 g/mol. The maximum Gasteiger partial charge on any atom is 0.250 e. The van der Waals surface area contributed by atoms with Crippen LogP contribution in [0.3, 0.4) is 0 Å². The molecule has 19 heavy (non-hydrogen) atoms. The first-order valence-electron chi connectivity index (χ1n) is 5.29. The van der Waals surface area contributed by atoms with E-state index in [1.54, 1.807) is 0 Å². The number of hydrogen-bond donors (Lipinski definition) is 2. The Bertz CT molecular complexity index is 629. The number of nitrogen functional groups attached to an aromatic ring is 1. The summed E-state index contributed by atoms with van der Waals surface area (Å²) in [4.78, 5) is 12.0. The highest BCUT2D eigenvalue weighted by atomic mass is 32.2. The third-order valence-electron chi connectivity index (χ3n) is 2.41. The van der Waals surface area contributed by atoms with Crippen LogP contribution in [0.2, 0.25) is 0 Å². The molecular formula is C13H10F2N2OS. The van der Waals surface area contributed by atoms with Gasteiger partial charge in [-0.2, -0.15) is 0 Å². The zero-order valence-electron chi connectivity index (χ0n) is 9.69. The highest BCUT2D eigenvalue weighted by Crippen LogP contribution is 2.32. The van der Waals surface area contributed by atoms with Gasteiger partial charge in [-0.25, -0.2) is 8.78 Å². The number of carbonyl (C=O) groups is 1. The fourth-order valence-electron chi connectivity index (χ4n) is 1.49. The number of carbonyl (C=O) groups excluding carboxylic acids is 1. The molecule has 0 aliphatic rings. The lowest BCUT2D eigenvalue weighted by Crippen LogP contribution is -2.14. The molecule has 0 heterocycles. The molecule has 0 spiro atoms. The van der Waals surface area contributed by atoms with Crippen LogP contribution in [0.5, 0.6) is 0 Å². The zero-order valence-corrected chi connectivity index (χ0v) is 10.5. The summed E-state index contributed by atoms with van der Waals surface area (Å²) in [5, 5.41) is 0. The molecule has 4 N–H and O–H groups in total. The van der Waals surface area contributed by atoms with E-state index in [9.17, 15) is 13.6 Å². The Kier molecular flexibility index (Phi) is 3.71. The zero-order chi connectivity index (χ0) is 14.0. The van der Waals surface area contributed by atoms with E-state index in [0.717, 1.165) is 17.8 Å². The van der Waals surface area contributed by atoms with Gasteiger partial charge in [-0.3, -0.25) is 4.79 Å². The minimum Gasteiger partial charge on any atom is -0.398 e. The van der Waals surface area contributed by atoms with Crippen LogP contribution in [0.4, 0.5) is 14.5 Å². The van der Waals surface area contributed by atoms with Crippen molar-refractivity contribution in [3.05, 3.63) is 53.6 Å². The average Bonchev–Trinajstić information content (AvgIpc) is 2.34. The molecule has 0 unspecified atom stereocenters. The monoisotopic (exact) mass is 280 g/mol. The van der Waals surface area contributed by atoms with Crippen molar-refractivity contribution >= 4 is 23.4 Å². The molecule has 3 nitrogen and oxygen atoms in total. The number of anilines is 1. The van der Waals surface area contributed by atoms with Crippen LogP contribution >= 0.6 is 11.8 Å². The van der Waals surface area contributed by atoms with E-state index in [2.05, 4.69) is 0 Å². The highest BCUT2D eigenvalue weighted by molar-refractivity contribution is 7.99. The van der Waals surface area contributed by atoms with E-state index in [4.69, 9.17) is 11.5 Å². The summed E-state index contributed by atoms with van der Waals surface area (Å²) in [6.07, 6.45) is 0. The first-order valence-corrected chi connectivity index (χ1v) is 6.11. The van der Waals surface area contributed by atoms with E-state index in [1.165, 1.54) is 30.3 Å². The summed E-state index contributed by atoms with van der Waals surface area (Å²) in [5.74, 6) is -1.66. The number of primary amides is 1. The van der Waals surface area contributed by atoms with Crippen molar-refractivity contribution in [3.63, 3.8) is 0 Å². The highest BCUT2D eigenvalue weighted by Gasteiger charge is 2.12. The number of hydrogen-bond acceptors (Lipinski definition) is 3. The van der Waals surface area contributed by atoms with Gasteiger partial charge in [0.2, 0.25) is 0 Å². The van der Waals surface area contributed by atoms with Crippen molar-refractivity contribution in [2.24, 2.45) is 5.73 Å². The maximum atomic E-state index is 13.7. The molecule has 1 amide bonds. The molecule has 0 saturated heterocycles. The van der Waals surface area contributed by atoms with E-state index in [0.29, 0.717) is 4.90 Å². The largest absolute Gasteiger partial charge is 0.398 e. The fraction of sp³-hybridized carbons (Fsp3) is 0. The second-order valence-electron chi connectivity index (χ2n) is 3.79. The van der Waals surface area contributed by atoms with Gasteiger partial charge < -0.3 is 11.5 Å². The minimum absolute atomic E-state index is 0.00606. The quantitative estimate of drug-likeness (QED) is 0.849. The van der Waals surface area contributed by atoms with E-state index in [1.807, 2.05) is 0 Å². The van der Waals surface area contributed by atoms with Gasteiger partial charge in [0.1, 0.15) is 11.6 Å². The normalized spacial score (nSPS) is 10.4. The third kappa shape index (κ3) is 3.03. The molecule has 0 atom stereocenters. The Hall–Kier alpha value is -2.08. The summed E-state index contributed by atoms with van der Waals surface area (Å²) >= 11 is 1.06. The standard InChI is InChI=1S/C13H10F2N2OS/c14-7-1-3-8(4-2-7)19-12-5-9(13(17)18)11(16)6-10(12)15/h1-6H,16H2,(H2,17,18). The number of benzene rings is 2. The van der Waals surface area contributed by atoms with Crippen LogP contribution in [0.1, 0.15) is 10.4 Å². The number of nitrogens with two attached hydrogens (primary N) is 2. The molecule has 0 fully saturated rings. The van der Waals surface area contributed by atoms with Crippen LogP contribution in [0.25, 0.3) is 0 Å². The van der Waals surface area contributed by atoms with Gasteiger partial charge in [-0.05, 0) is 36.4 Å². The summed E-state index contributed by atoms with van der Waals surface area (Å²) in [6, 6.07) is 7.91. The minimum atomic E-state index is -0.724. The van der Waals surface area contributed by atoms with Crippen molar-refractivity contribution in [3.8, 4) is 0 Å². The molecule has 0 aliphatic heterocycles. The van der Waals surface area contributed by atoms with Crippen LogP contribution in [-0.4, -0.2) is 5.91 Å². The number of halogens is 2. The lowest BCUT2D eigenvalue weighted by molar-refractivity contribution is 0.100. The van der Waals surface area contributed by atoms with Crippen molar-refractivity contribution in [2.45, 2.75) is 9.79 Å². The molecular weight excluding hydrogens is 270 g/mol. The fourth-order valence-corrected chi connectivity index (χ4v) is 2.35. The third-order valence-corrected chi connectivity index (χ3v) is 3.45. The van der Waals surface area contributed by atoms with Gasteiger partial charge in [0, 0.05) is 15.5 Å². The van der Waals surface area contributed by atoms with Gasteiger partial charge in [0.15, 0.2) is 0 Å². The molecule has 0 aromatic heterocycles. The van der Waals surface area contributed by atoms with Crippen LogP contribution in [0, 0.1) is 11.6 Å². The van der Waals surface area contributed by atoms with Crippen molar-refractivity contribution < 1.29 is 13.6 Å². The molecule has 2 aromatic rings. The first-order chi connectivity index (χ1) is 8.97. The van der Waals surface area contributed by atoms with Gasteiger partial charge in [-0.1, -0.05) is 11.8 Å². The Morgan fingerprint density at radius 1 is 1.11 bits per heavy atom. The Morgan fingerprint density at radius 2 is 1.74 bits per heavy atom. The maximum absolute atomic E-state index is 13.7. The predicted molar refractivity (Wildman–Crippen MR) is 69.9 cm³/mol. The second-order valence-corrected chi connectivity index (χ2v) is 4.91. The molecule has 0 saturated carbocycles. The van der Waals surface area contributed by atoms with Crippen LogP contribution in [0.15, 0.2) is 46.2 Å². The SMILES string of the molecule is NC(=O)c1cc(Sc2ccc(F)cc2)c(F)cc1N. The number of amides is 1. The smallest absolute Gasteiger partial charge is 0.250 e. The topological polar surface area (TPSA) is 69.1 Å². The van der Waals surface area contributed by atoms with Gasteiger partial charge in [-0.15, -0.1) is 0 Å². The van der Waals surface area contributed by atoms with Crippen molar-refractivity contribution in [1.82, 2.24) is 0 Å². The molecule has 98 valence electrons. The lowest BCUT2D eigenvalue weighted by atomic mass is 10.1. The number of rotatable bonds is 3. The summed E-state index contributed by atoms with van der Waals surface area (Å²) in [7, 11) is 0. The molecule has 2 rings (SSSR count). The van der Waals surface area contributed by atoms with E-state index in [-0.39, 0.29) is 22.0 Å². The lowest BCUT2D eigenvalue weighted by Gasteiger charge is -2.07. The van der Waals surface area contributed by atoms with E-state index >= 15 is 0 Å². The Morgan fingerprint density at radius 3 is 2.32 bits per heavy atom. The van der Waals surface area contributed by atoms with Gasteiger partial charge >= 0.3 is 0 Å². The van der Waals surface area contributed by atoms with Crippen molar-refractivity contribution in [1.29, 1.82) is 0 Å². The molecule has 6 heteroatoms. The molecule has 2 aromatic carbocycles. The Balaban J connectivity index is 2.37. The van der Waals surface area contributed by atoms with Crippen molar-refractivity contribution in [2.75, 3.05) is 5.73 Å². The van der Waals surface area contributed by atoms with Gasteiger partial charge in [0.25, 0.3) is 5.91 Å². The molecule has 0 bridgehead atoms. The molecule has 0 radical (unpaired) electrons. The first kappa shape index (κ1) is 13.4. The Labute approximate surface area is 112 Å². The summed E-state index contributed by atoms with van der Waals surface area (Å²) < 4.78 is 26.5. The molecule has 0 aliphatic carbocycles. The summed E-state index contributed by atoms with van der Waals surface area (Å²) in [6.45, 7) is 0. The van der Waals surface area contributed by atoms with Crippen LogP contribution < -0.4 is 11.5 Å². The summed E-state index contributed by atoms with van der Waals surface area (Å²) in [5.41, 5.74) is 10.7. The predicted octanol–water partition coefficient (Wildman–Crippen LogP) is 2.80. The second kappa shape index (κ2) is 5.27. The van der Waals surface area contributed by atoms with E-state index < -0.39 is 11.7 Å². The van der Waals surface area contributed by atoms with Gasteiger partial charge in [0.05, 0.1) is 5.56 Å².